The summed E-state index contributed by atoms with van der Waals surface area (Å²) in [5.41, 5.74) is 8.28. The molecule has 7 rings (SSSR count). The van der Waals surface area contributed by atoms with Gasteiger partial charge in [0, 0.05) is 61.3 Å². The molecule has 3 aliphatic rings. The molecule has 4 aromatic rings. The number of aryl methyl sites for hydroxylation is 2. The molecule has 39 heavy (non-hydrogen) atoms. The Kier molecular flexibility index (Phi) is 6.48. The van der Waals surface area contributed by atoms with Crippen LogP contribution in [0.2, 0.25) is 0 Å². The van der Waals surface area contributed by atoms with E-state index in [0.29, 0.717) is 17.6 Å². The fraction of sp³-hybridized carbons (Fsp3) is 0.485. The SMILES string of the molecule is COC1CCCN(Cc2cn3c4c(cccc24)-c2c(C4CCCCC4)c4ccc(C(=O)O)cc4n2CCC3)C1. The number of carbonyl (C=O) groups is 1. The lowest BCUT2D eigenvalue weighted by Crippen LogP contribution is -2.38. The highest BCUT2D eigenvalue weighted by Gasteiger charge is 2.30. The summed E-state index contributed by atoms with van der Waals surface area (Å²) < 4.78 is 10.7. The number of hydrogen-bond donors (Lipinski definition) is 1. The second-order valence-electron chi connectivity index (χ2n) is 11.9. The lowest BCUT2D eigenvalue weighted by molar-refractivity contribution is 0.0287. The molecule has 2 fully saturated rings. The van der Waals surface area contributed by atoms with E-state index in [-0.39, 0.29) is 0 Å². The van der Waals surface area contributed by atoms with Crippen LogP contribution in [0.4, 0.5) is 0 Å². The smallest absolute Gasteiger partial charge is 0.335 e. The number of para-hydroxylation sites is 1. The van der Waals surface area contributed by atoms with Crippen molar-refractivity contribution in [3.63, 3.8) is 0 Å². The van der Waals surface area contributed by atoms with Crippen molar-refractivity contribution < 1.29 is 14.6 Å². The van der Waals surface area contributed by atoms with Gasteiger partial charge in [0.1, 0.15) is 0 Å². The minimum Gasteiger partial charge on any atom is -0.478 e. The second kappa shape index (κ2) is 10.1. The Bertz CT molecular complexity index is 1540. The zero-order valence-corrected chi connectivity index (χ0v) is 23.0. The summed E-state index contributed by atoms with van der Waals surface area (Å²) in [5, 5.41) is 12.4. The molecule has 2 aromatic heterocycles. The Labute approximate surface area is 230 Å². The fourth-order valence-electron chi connectivity index (χ4n) is 7.75. The predicted molar refractivity (Wildman–Crippen MR) is 156 cm³/mol. The maximum Gasteiger partial charge on any atom is 0.335 e. The first kappa shape index (κ1) is 24.9. The molecule has 0 amide bonds. The highest BCUT2D eigenvalue weighted by atomic mass is 16.5. The average molecular weight is 526 g/mol. The third-order valence-corrected chi connectivity index (χ3v) is 9.57. The van der Waals surface area contributed by atoms with E-state index in [1.807, 2.05) is 13.2 Å². The number of methoxy groups -OCH3 is 1. The molecular formula is C33H39N3O3. The minimum absolute atomic E-state index is 0.328. The molecule has 1 saturated carbocycles. The van der Waals surface area contributed by atoms with Gasteiger partial charge in [-0.3, -0.25) is 4.90 Å². The van der Waals surface area contributed by atoms with Crippen LogP contribution in [-0.2, 0) is 24.4 Å². The molecule has 1 atom stereocenters. The number of piperidine rings is 1. The standard InChI is InChI=1S/C33H39N3O3/c1-39-25-10-6-15-34(21-25)19-24-20-35-16-7-17-36-29-18-23(33(37)38)13-14-27(29)30(22-8-3-2-4-9-22)32(36)28-12-5-11-26(24)31(28)35/h5,11-14,18,20,22,25H,2-4,6-10,15-17,19,21H2,1H3,(H,37,38). The predicted octanol–water partition coefficient (Wildman–Crippen LogP) is 7.02. The number of hydrogen-bond acceptors (Lipinski definition) is 3. The largest absolute Gasteiger partial charge is 0.478 e. The van der Waals surface area contributed by atoms with Crippen LogP contribution in [0.15, 0.2) is 42.6 Å². The van der Waals surface area contributed by atoms with Crippen LogP contribution in [0.3, 0.4) is 0 Å². The summed E-state index contributed by atoms with van der Waals surface area (Å²) in [5.74, 6) is -0.336. The van der Waals surface area contributed by atoms with Crippen LogP contribution in [0.25, 0.3) is 33.1 Å². The van der Waals surface area contributed by atoms with Crippen LogP contribution >= 0.6 is 0 Å². The Morgan fingerprint density at radius 2 is 1.85 bits per heavy atom. The van der Waals surface area contributed by atoms with Crippen molar-refractivity contribution in [2.45, 2.75) is 83.0 Å². The highest BCUT2D eigenvalue weighted by Crippen LogP contribution is 2.47. The van der Waals surface area contributed by atoms with E-state index in [1.165, 1.54) is 77.2 Å². The molecule has 2 aromatic carbocycles. The van der Waals surface area contributed by atoms with Crippen molar-refractivity contribution in [2.75, 3.05) is 20.2 Å². The molecular weight excluding hydrogens is 486 g/mol. The van der Waals surface area contributed by atoms with Gasteiger partial charge in [-0.15, -0.1) is 0 Å². The molecule has 1 aliphatic carbocycles. The van der Waals surface area contributed by atoms with E-state index in [0.717, 1.165) is 51.1 Å². The van der Waals surface area contributed by atoms with Gasteiger partial charge in [-0.1, -0.05) is 43.5 Å². The molecule has 6 nitrogen and oxygen atoms in total. The first-order valence-corrected chi connectivity index (χ1v) is 14.9. The van der Waals surface area contributed by atoms with Crippen LogP contribution < -0.4 is 0 Å². The number of aromatic nitrogens is 2. The van der Waals surface area contributed by atoms with Crippen molar-refractivity contribution in [1.82, 2.24) is 14.0 Å². The van der Waals surface area contributed by atoms with Crippen molar-refractivity contribution in [3.05, 3.63) is 59.3 Å². The van der Waals surface area contributed by atoms with E-state index < -0.39 is 5.97 Å². The van der Waals surface area contributed by atoms with E-state index in [4.69, 9.17) is 4.74 Å². The van der Waals surface area contributed by atoms with E-state index in [9.17, 15) is 9.90 Å². The molecule has 6 heteroatoms. The van der Waals surface area contributed by atoms with Gasteiger partial charge < -0.3 is 19.0 Å². The Balaban J connectivity index is 1.42. The summed E-state index contributed by atoms with van der Waals surface area (Å²) >= 11 is 0. The van der Waals surface area contributed by atoms with Crippen molar-refractivity contribution >= 4 is 27.8 Å². The number of aromatic carboxylic acids is 1. The Morgan fingerprint density at radius 1 is 0.974 bits per heavy atom. The quantitative estimate of drug-likeness (QED) is 0.304. The van der Waals surface area contributed by atoms with Crippen molar-refractivity contribution in [2.24, 2.45) is 0 Å². The topological polar surface area (TPSA) is 59.6 Å². The first-order chi connectivity index (χ1) is 19.1. The average Bonchev–Trinajstić information content (AvgIpc) is 3.47. The third kappa shape index (κ3) is 4.29. The van der Waals surface area contributed by atoms with Gasteiger partial charge in [-0.05, 0) is 67.8 Å². The van der Waals surface area contributed by atoms with Gasteiger partial charge in [0.2, 0.25) is 0 Å². The number of carboxylic acids is 1. The number of likely N-dealkylation sites (tertiary alicyclic amines) is 1. The molecule has 1 unspecified atom stereocenters. The van der Waals surface area contributed by atoms with Gasteiger partial charge in [-0.2, -0.15) is 0 Å². The first-order valence-electron chi connectivity index (χ1n) is 14.9. The van der Waals surface area contributed by atoms with Crippen LogP contribution in [0, 0.1) is 0 Å². The number of nitrogens with zero attached hydrogens (tertiary/aromatic N) is 3. The third-order valence-electron chi connectivity index (χ3n) is 9.57. The van der Waals surface area contributed by atoms with Gasteiger partial charge in [0.25, 0.3) is 0 Å². The molecule has 0 spiro atoms. The fourth-order valence-corrected chi connectivity index (χ4v) is 7.75. The lowest BCUT2D eigenvalue weighted by Gasteiger charge is -2.31. The minimum atomic E-state index is -0.855. The summed E-state index contributed by atoms with van der Waals surface area (Å²) in [4.78, 5) is 14.5. The lowest BCUT2D eigenvalue weighted by atomic mass is 9.81. The zero-order valence-electron chi connectivity index (χ0n) is 23.0. The number of fused-ring (bicyclic) bond motifs is 4. The monoisotopic (exact) mass is 525 g/mol. The van der Waals surface area contributed by atoms with Crippen LogP contribution in [-0.4, -0.2) is 51.4 Å². The van der Waals surface area contributed by atoms with Gasteiger partial charge in [0.15, 0.2) is 0 Å². The molecule has 2 aliphatic heterocycles. The number of benzene rings is 2. The molecule has 204 valence electrons. The van der Waals surface area contributed by atoms with Crippen LogP contribution in [0.1, 0.15) is 78.8 Å². The summed E-state index contributed by atoms with van der Waals surface area (Å²) in [6.07, 6.45) is 12.4. The molecule has 0 bridgehead atoms. The number of ether oxygens (including phenoxy) is 1. The summed E-state index contributed by atoms with van der Waals surface area (Å²) in [6.45, 7) is 4.93. The van der Waals surface area contributed by atoms with Crippen LogP contribution in [0.5, 0.6) is 0 Å². The second-order valence-corrected chi connectivity index (χ2v) is 11.9. The van der Waals surface area contributed by atoms with Crippen molar-refractivity contribution in [1.29, 1.82) is 0 Å². The Hall–Kier alpha value is -3.09. The zero-order chi connectivity index (χ0) is 26.5. The molecule has 0 radical (unpaired) electrons. The molecule has 1 saturated heterocycles. The maximum atomic E-state index is 11.9. The maximum absolute atomic E-state index is 11.9. The van der Waals surface area contributed by atoms with E-state index in [2.05, 4.69) is 44.5 Å². The van der Waals surface area contributed by atoms with E-state index >= 15 is 0 Å². The Morgan fingerprint density at radius 3 is 2.67 bits per heavy atom. The normalized spacial score (nSPS) is 20.7. The van der Waals surface area contributed by atoms with Gasteiger partial charge in [-0.25, -0.2) is 4.79 Å². The molecule has 4 heterocycles. The van der Waals surface area contributed by atoms with Gasteiger partial charge >= 0.3 is 5.97 Å². The van der Waals surface area contributed by atoms with Gasteiger partial charge in [0.05, 0.1) is 22.9 Å². The number of carboxylic acid groups (broad SMARTS) is 1. The summed E-state index contributed by atoms with van der Waals surface area (Å²) in [7, 11) is 1.84. The highest BCUT2D eigenvalue weighted by molar-refractivity contribution is 6.03. The molecule has 1 N–H and O–H groups in total. The van der Waals surface area contributed by atoms with E-state index in [1.54, 1.807) is 6.07 Å². The van der Waals surface area contributed by atoms with Crippen molar-refractivity contribution in [3.8, 4) is 11.3 Å². The summed E-state index contributed by atoms with van der Waals surface area (Å²) in [6, 6.07) is 12.7. The number of rotatable bonds is 5.